The molecule has 1 amide bonds. The van der Waals surface area contributed by atoms with E-state index in [1.165, 1.54) is 22.9 Å². The van der Waals surface area contributed by atoms with Crippen LogP contribution < -0.4 is 14.9 Å². The quantitative estimate of drug-likeness (QED) is 0.135. The van der Waals surface area contributed by atoms with Crippen LogP contribution in [-0.4, -0.2) is 67.7 Å². The number of amides is 1. The lowest BCUT2D eigenvalue weighted by molar-refractivity contribution is -0.137. The van der Waals surface area contributed by atoms with Crippen LogP contribution in [0.1, 0.15) is 83.0 Å². The fourth-order valence-electron chi connectivity index (χ4n) is 6.17. The number of piperidine rings is 1. The van der Waals surface area contributed by atoms with Crippen LogP contribution in [0.15, 0.2) is 54.6 Å². The fraction of sp³-hybridized carbons (Fsp3) is 0.389. The third-order valence-corrected chi connectivity index (χ3v) is 14.8. The number of benzene rings is 2. The van der Waals surface area contributed by atoms with Gasteiger partial charge in [-0.25, -0.2) is 36.0 Å². The first-order valence-corrected chi connectivity index (χ1v) is 22.2. The minimum Gasteiger partial charge on any atom is -0.283 e. The molecule has 3 fully saturated rings. The van der Waals surface area contributed by atoms with Gasteiger partial charge in [-0.1, -0.05) is 41.5 Å². The van der Waals surface area contributed by atoms with E-state index in [0.717, 1.165) is 42.7 Å². The summed E-state index contributed by atoms with van der Waals surface area (Å²) in [4.78, 5) is 15.2. The van der Waals surface area contributed by atoms with Gasteiger partial charge in [-0.3, -0.25) is 10.2 Å². The number of halogens is 5. The number of carbonyl (C=O) groups excluding carboxylic acids is 1. The Morgan fingerprint density at radius 1 is 0.909 bits per heavy atom. The highest BCUT2D eigenvalue weighted by molar-refractivity contribution is 7.90. The third kappa shape index (κ3) is 9.40. The highest BCUT2D eigenvalue weighted by atomic mass is 35.5. The summed E-state index contributed by atoms with van der Waals surface area (Å²) in [5.74, 6) is 5.21. The Morgan fingerprint density at radius 3 is 2.22 bits per heavy atom. The lowest BCUT2D eigenvalue weighted by atomic mass is 10.0. The summed E-state index contributed by atoms with van der Waals surface area (Å²) in [6, 6.07) is 11.2. The second-order valence-electron chi connectivity index (χ2n) is 13.6. The molecule has 19 heteroatoms. The summed E-state index contributed by atoms with van der Waals surface area (Å²) in [5.41, 5.74) is 2.94. The van der Waals surface area contributed by atoms with E-state index in [9.17, 15) is 34.8 Å². The molecule has 55 heavy (non-hydrogen) atoms. The maximum absolute atomic E-state index is 14.3. The molecular weight excluding hydrogens is 821 g/mol. The predicted octanol–water partition coefficient (Wildman–Crippen LogP) is 6.66. The lowest BCUT2D eigenvalue weighted by Crippen LogP contribution is -2.46. The Labute approximate surface area is 330 Å². The van der Waals surface area contributed by atoms with Gasteiger partial charge in [0.25, 0.3) is 5.91 Å². The van der Waals surface area contributed by atoms with Gasteiger partial charge in [0.2, 0.25) is 20.0 Å². The van der Waals surface area contributed by atoms with Gasteiger partial charge in [-0.2, -0.15) is 18.3 Å². The van der Waals surface area contributed by atoms with E-state index in [2.05, 4.69) is 26.7 Å². The molecule has 0 radical (unpaired) electrons. The molecule has 1 unspecified atom stereocenters. The van der Waals surface area contributed by atoms with Crippen molar-refractivity contribution in [2.24, 2.45) is 0 Å². The summed E-state index contributed by atoms with van der Waals surface area (Å²) in [5, 5.41) is 5.73. The number of nitrogens with zero attached hydrogens (tertiary/aromatic N) is 3. The van der Waals surface area contributed by atoms with E-state index in [-0.39, 0.29) is 22.0 Å². The highest BCUT2D eigenvalue weighted by Crippen LogP contribution is 2.41. The van der Waals surface area contributed by atoms with Gasteiger partial charge < -0.3 is 0 Å². The van der Waals surface area contributed by atoms with Crippen molar-refractivity contribution in [3.63, 3.8) is 0 Å². The molecule has 11 nitrogen and oxygen atoms in total. The van der Waals surface area contributed by atoms with Crippen LogP contribution in [0.2, 0.25) is 10.0 Å². The van der Waals surface area contributed by atoms with Gasteiger partial charge in [-0.15, -0.1) is 11.3 Å². The highest BCUT2D eigenvalue weighted by Gasteiger charge is 2.42. The maximum atomic E-state index is 14.3. The Kier molecular flexibility index (Phi) is 11.4. The predicted molar refractivity (Wildman–Crippen MR) is 205 cm³/mol. The molecule has 0 bridgehead atoms. The van der Waals surface area contributed by atoms with Crippen molar-refractivity contribution in [1.29, 1.82) is 0 Å². The van der Waals surface area contributed by atoms with Crippen molar-refractivity contribution in [3.05, 3.63) is 91.9 Å². The van der Waals surface area contributed by atoms with Gasteiger partial charge in [0, 0.05) is 35.8 Å². The Morgan fingerprint density at radius 2 is 1.58 bits per heavy atom. The van der Waals surface area contributed by atoms with E-state index in [0.29, 0.717) is 64.8 Å². The van der Waals surface area contributed by atoms with Crippen LogP contribution in [0.5, 0.6) is 0 Å². The molecular formula is C36H35Cl2F3N6O5S3. The molecule has 1 aliphatic heterocycles. The zero-order valence-corrected chi connectivity index (χ0v) is 33.0. The average molecular weight is 856 g/mol. The Balaban J connectivity index is 1.38. The van der Waals surface area contributed by atoms with E-state index in [4.69, 9.17) is 28.3 Å². The summed E-state index contributed by atoms with van der Waals surface area (Å²) >= 11 is 14.1. The minimum absolute atomic E-state index is 0.104. The van der Waals surface area contributed by atoms with E-state index < -0.39 is 60.8 Å². The van der Waals surface area contributed by atoms with Gasteiger partial charge in [0.1, 0.15) is 0 Å². The standard InChI is InChI=1S/C36H35Cl2F3N6O5S3/c37-24-9-16-30(28(38)20-24)47-34(31-17-11-25(53-31)10-6-22-4-7-23(8-5-22)36(39,40)41)32(33(43-47)35(48)44-46-18-2-1-3-19-46)29(45-55(51,52)27-14-15-27)21-42-54(49,50)26-12-13-26/h4-5,7-9,11,16-17,20,26-27,29,42,45H,1-3,12-15,18-19,21H2,(H,44,48). The molecule has 1 saturated heterocycles. The zero-order chi connectivity index (χ0) is 39.1. The van der Waals surface area contributed by atoms with E-state index >= 15 is 0 Å². The number of sulfonamides is 2. The molecule has 3 heterocycles. The first-order chi connectivity index (χ1) is 26.1. The Bertz CT molecular complexity index is 2380. The summed E-state index contributed by atoms with van der Waals surface area (Å²) in [6.45, 7) is 0.749. The molecule has 1 atom stereocenters. The maximum Gasteiger partial charge on any atom is 0.416 e. The van der Waals surface area contributed by atoms with Crippen molar-refractivity contribution in [2.75, 3.05) is 19.6 Å². The second-order valence-corrected chi connectivity index (χ2v) is 19.6. The number of hydrogen-bond donors (Lipinski definition) is 3. The molecule has 0 spiro atoms. The number of rotatable bonds is 12. The van der Waals surface area contributed by atoms with Crippen molar-refractivity contribution in [3.8, 4) is 28.1 Å². The van der Waals surface area contributed by atoms with Crippen LogP contribution in [0.25, 0.3) is 16.3 Å². The Hall–Kier alpha value is -3.47. The molecule has 3 aliphatic rings. The fourth-order valence-corrected chi connectivity index (χ4v) is 10.5. The topological polar surface area (TPSA) is 142 Å². The van der Waals surface area contributed by atoms with Crippen LogP contribution in [0.3, 0.4) is 0 Å². The molecule has 3 N–H and O–H groups in total. The summed E-state index contributed by atoms with van der Waals surface area (Å²) < 4.78 is 99.6. The number of hydrogen-bond acceptors (Lipinski definition) is 8. The van der Waals surface area contributed by atoms with Gasteiger partial charge in [0.15, 0.2) is 5.69 Å². The van der Waals surface area contributed by atoms with Crippen LogP contribution in [0, 0.1) is 11.8 Å². The number of carbonyl (C=O) groups is 1. The lowest BCUT2D eigenvalue weighted by Gasteiger charge is -2.27. The molecule has 2 aliphatic carbocycles. The second kappa shape index (κ2) is 15.8. The molecule has 7 rings (SSSR count). The normalized spacial score (nSPS) is 17.4. The van der Waals surface area contributed by atoms with Crippen LogP contribution >= 0.6 is 34.5 Å². The summed E-state index contributed by atoms with van der Waals surface area (Å²) in [7, 11) is -7.80. The zero-order valence-electron chi connectivity index (χ0n) is 29.0. The van der Waals surface area contributed by atoms with Crippen molar-refractivity contribution < 1.29 is 34.8 Å². The smallest absolute Gasteiger partial charge is 0.283 e. The third-order valence-electron chi connectivity index (χ3n) is 9.34. The molecule has 4 aromatic rings. The van der Waals surface area contributed by atoms with Crippen LogP contribution in [-0.2, 0) is 26.2 Å². The molecule has 2 aromatic heterocycles. The van der Waals surface area contributed by atoms with Gasteiger partial charge in [-0.05, 0) is 93.1 Å². The van der Waals surface area contributed by atoms with Crippen molar-refractivity contribution >= 4 is 60.5 Å². The van der Waals surface area contributed by atoms with Crippen molar-refractivity contribution in [2.45, 2.75) is 67.7 Å². The first kappa shape index (κ1) is 39.8. The first-order valence-electron chi connectivity index (χ1n) is 17.5. The average Bonchev–Trinajstić information content (AvgIpc) is 4.08. The largest absolute Gasteiger partial charge is 0.416 e. The summed E-state index contributed by atoms with van der Waals surface area (Å²) in [6.07, 6.45) is 0.0141. The monoisotopic (exact) mass is 854 g/mol. The molecule has 2 aromatic carbocycles. The number of thiophene rings is 1. The number of aromatic nitrogens is 2. The van der Waals surface area contributed by atoms with E-state index in [1.54, 1.807) is 29.3 Å². The van der Waals surface area contributed by atoms with Crippen molar-refractivity contribution in [1.82, 2.24) is 29.7 Å². The van der Waals surface area contributed by atoms with Gasteiger partial charge >= 0.3 is 6.18 Å². The minimum atomic E-state index is -4.49. The molecule has 292 valence electrons. The molecule has 2 saturated carbocycles. The number of hydrazine groups is 1. The van der Waals surface area contributed by atoms with Gasteiger partial charge in [0.05, 0.1) is 48.3 Å². The van der Waals surface area contributed by atoms with E-state index in [1.807, 2.05) is 0 Å². The number of nitrogens with one attached hydrogen (secondary N) is 3. The van der Waals surface area contributed by atoms with Crippen LogP contribution in [0.4, 0.5) is 13.2 Å². The SMILES string of the molecule is O=C(NN1CCCCC1)c1nn(-c2ccc(Cl)cc2Cl)c(-c2ccc(C#Cc3ccc(C(F)(F)F)cc3)s2)c1C(CNS(=O)(=O)C1CC1)NS(=O)(=O)C1CC1. The number of alkyl halides is 3.